The Morgan fingerprint density at radius 1 is 1.35 bits per heavy atom. The zero-order valence-corrected chi connectivity index (χ0v) is 15.5. The normalized spacial score (nSPS) is 12.2. The van der Waals surface area contributed by atoms with Gasteiger partial charge in [0.2, 0.25) is 0 Å². The zero-order valence-electron chi connectivity index (χ0n) is 14.5. The Labute approximate surface area is 139 Å². The lowest BCUT2D eigenvalue weighted by Gasteiger charge is -2.16. The summed E-state index contributed by atoms with van der Waals surface area (Å²) >= 11 is 0. The summed E-state index contributed by atoms with van der Waals surface area (Å²) in [5, 5.41) is 14.6. The number of hydrogen-bond acceptors (Lipinski definition) is 4. The van der Waals surface area contributed by atoms with Crippen molar-refractivity contribution in [2.45, 2.75) is 51.9 Å². The molecule has 23 heavy (non-hydrogen) atoms. The van der Waals surface area contributed by atoms with Gasteiger partial charge in [0.25, 0.3) is 5.69 Å². The summed E-state index contributed by atoms with van der Waals surface area (Å²) < 4.78 is 0. The number of rotatable bonds is 7. The maximum atomic E-state index is 11.3. The van der Waals surface area contributed by atoms with Gasteiger partial charge in [-0.15, -0.1) is 5.54 Å². The first kappa shape index (κ1) is 19.2. The van der Waals surface area contributed by atoms with Crippen molar-refractivity contribution in [1.82, 2.24) is 0 Å². The maximum Gasteiger partial charge on any atom is 0.293 e. The van der Waals surface area contributed by atoms with Gasteiger partial charge in [-0.2, -0.15) is 0 Å². The van der Waals surface area contributed by atoms with Crippen LogP contribution in [-0.4, -0.2) is 25.6 Å². The van der Waals surface area contributed by atoms with Crippen LogP contribution >= 0.6 is 0 Å². The fraction of sp³-hybridized carbons (Fsp3) is 0.529. The average Bonchev–Trinajstić information content (AvgIpc) is 2.45. The van der Waals surface area contributed by atoms with Crippen LogP contribution in [0.2, 0.25) is 19.6 Å². The summed E-state index contributed by atoms with van der Waals surface area (Å²) in [6.07, 6.45) is 2.89. The van der Waals surface area contributed by atoms with Gasteiger partial charge in [-0.3, -0.25) is 10.1 Å². The predicted octanol–water partition coefficient (Wildman–Crippen LogP) is 3.75. The van der Waals surface area contributed by atoms with E-state index in [1.165, 1.54) is 6.07 Å². The number of hydrogen-bond donors (Lipinski definition) is 2. The van der Waals surface area contributed by atoms with E-state index in [0.717, 1.165) is 19.3 Å². The molecular weight excluding hydrogens is 306 g/mol. The molecule has 0 spiro atoms. The molecule has 0 aliphatic rings. The van der Waals surface area contributed by atoms with E-state index < -0.39 is 8.07 Å². The van der Waals surface area contributed by atoms with Crippen LogP contribution in [0.5, 0.6) is 0 Å². The number of nitro groups is 1. The Kier molecular flexibility index (Phi) is 7.27. The third-order valence-electron chi connectivity index (χ3n) is 3.29. The van der Waals surface area contributed by atoms with Gasteiger partial charge >= 0.3 is 0 Å². The standard InChI is InChI=1S/C17H27N3O2Si/c1-14(8-5-6-12-18)19-17-15(11-13-23(2,3)4)9-7-10-16(17)20(21)22/h7,9-10,14,19H,5-6,8,12,18H2,1-4H3/t14-/m0/s1. The van der Waals surface area contributed by atoms with E-state index in [1.807, 2.05) is 13.0 Å². The quantitative estimate of drug-likeness (QED) is 0.262. The predicted molar refractivity (Wildman–Crippen MR) is 99.3 cm³/mol. The summed E-state index contributed by atoms with van der Waals surface area (Å²) in [4.78, 5) is 11.0. The number of nitro benzene ring substituents is 1. The highest BCUT2D eigenvalue weighted by Gasteiger charge is 2.18. The lowest BCUT2D eigenvalue weighted by Crippen LogP contribution is -2.18. The fourth-order valence-corrected chi connectivity index (χ4v) is 2.63. The second-order valence-corrected chi connectivity index (χ2v) is 11.5. The summed E-state index contributed by atoms with van der Waals surface area (Å²) in [6.45, 7) is 9.16. The summed E-state index contributed by atoms with van der Waals surface area (Å²) in [6, 6.07) is 5.19. The largest absolute Gasteiger partial charge is 0.376 e. The van der Waals surface area contributed by atoms with E-state index in [4.69, 9.17) is 5.73 Å². The molecule has 0 heterocycles. The Morgan fingerprint density at radius 2 is 2.04 bits per heavy atom. The average molecular weight is 334 g/mol. The van der Waals surface area contributed by atoms with E-state index >= 15 is 0 Å². The number of para-hydroxylation sites is 1. The molecular formula is C17H27N3O2Si. The van der Waals surface area contributed by atoms with Crippen LogP contribution in [0.25, 0.3) is 0 Å². The van der Waals surface area contributed by atoms with Crippen molar-refractivity contribution in [2.24, 2.45) is 5.73 Å². The lowest BCUT2D eigenvalue weighted by molar-refractivity contribution is -0.384. The molecule has 0 aromatic heterocycles. The topological polar surface area (TPSA) is 81.2 Å². The van der Waals surface area contributed by atoms with Crippen molar-refractivity contribution >= 4 is 19.4 Å². The molecule has 1 atom stereocenters. The number of anilines is 1. The molecule has 3 N–H and O–H groups in total. The SMILES string of the molecule is C[C@@H](CCCCN)Nc1c(C#C[Si](C)(C)C)cccc1[N+](=O)[O-]. The van der Waals surface area contributed by atoms with Crippen LogP contribution in [-0.2, 0) is 0 Å². The van der Waals surface area contributed by atoms with Crippen LogP contribution in [0.3, 0.4) is 0 Å². The van der Waals surface area contributed by atoms with Gasteiger partial charge in [0.05, 0.1) is 10.5 Å². The van der Waals surface area contributed by atoms with E-state index in [9.17, 15) is 10.1 Å². The van der Waals surface area contributed by atoms with Crippen molar-refractivity contribution in [1.29, 1.82) is 0 Å². The van der Waals surface area contributed by atoms with Crippen LogP contribution in [0, 0.1) is 21.6 Å². The second-order valence-electron chi connectivity index (χ2n) is 6.79. The highest BCUT2D eigenvalue weighted by molar-refractivity contribution is 6.83. The van der Waals surface area contributed by atoms with E-state index in [-0.39, 0.29) is 16.7 Å². The van der Waals surface area contributed by atoms with Gasteiger partial charge in [0.1, 0.15) is 13.8 Å². The van der Waals surface area contributed by atoms with Gasteiger partial charge < -0.3 is 11.1 Å². The molecule has 5 nitrogen and oxygen atoms in total. The number of nitrogens with zero attached hydrogens (tertiary/aromatic N) is 1. The zero-order chi connectivity index (χ0) is 17.5. The minimum atomic E-state index is -1.55. The lowest BCUT2D eigenvalue weighted by atomic mass is 10.1. The molecule has 6 heteroatoms. The third kappa shape index (κ3) is 6.85. The van der Waals surface area contributed by atoms with Crippen molar-refractivity contribution in [3.8, 4) is 11.5 Å². The highest BCUT2D eigenvalue weighted by Crippen LogP contribution is 2.29. The molecule has 126 valence electrons. The number of unbranched alkanes of at least 4 members (excludes halogenated alkanes) is 1. The first-order valence-corrected chi connectivity index (χ1v) is 11.5. The number of benzene rings is 1. The second kappa shape index (κ2) is 8.70. The van der Waals surface area contributed by atoms with E-state index in [1.54, 1.807) is 6.07 Å². The maximum absolute atomic E-state index is 11.3. The molecule has 0 saturated heterocycles. The van der Waals surface area contributed by atoms with E-state index in [0.29, 0.717) is 17.8 Å². The summed E-state index contributed by atoms with van der Waals surface area (Å²) in [5.74, 6) is 3.15. The van der Waals surface area contributed by atoms with Crippen LogP contribution < -0.4 is 11.1 Å². The smallest absolute Gasteiger partial charge is 0.293 e. The van der Waals surface area contributed by atoms with Gasteiger partial charge in [-0.05, 0) is 32.4 Å². The van der Waals surface area contributed by atoms with Gasteiger partial charge in [0, 0.05) is 12.1 Å². The Morgan fingerprint density at radius 3 is 2.61 bits per heavy atom. The van der Waals surface area contributed by atoms with Crippen LogP contribution in [0.1, 0.15) is 31.7 Å². The molecule has 0 bridgehead atoms. The van der Waals surface area contributed by atoms with Crippen LogP contribution in [0.4, 0.5) is 11.4 Å². The Hall–Kier alpha value is -1.84. The van der Waals surface area contributed by atoms with Gasteiger partial charge in [0.15, 0.2) is 0 Å². The highest BCUT2D eigenvalue weighted by atomic mass is 28.3. The molecule has 0 radical (unpaired) electrons. The monoisotopic (exact) mass is 333 g/mol. The molecule has 1 rings (SSSR count). The minimum absolute atomic E-state index is 0.0815. The molecule has 0 amide bonds. The van der Waals surface area contributed by atoms with Gasteiger partial charge in [-0.1, -0.05) is 38.0 Å². The molecule has 0 aliphatic carbocycles. The molecule has 0 unspecified atom stereocenters. The molecule has 1 aromatic rings. The first-order chi connectivity index (χ1) is 10.7. The van der Waals surface area contributed by atoms with Crippen LogP contribution in [0.15, 0.2) is 18.2 Å². The molecule has 0 aliphatic heterocycles. The first-order valence-electron chi connectivity index (χ1n) is 8.02. The molecule has 0 fully saturated rings. The minimum Gasteiger partial charge on any atom is -0.376 e. The summed E-state index contributed by atoms with van der Waals surface area (Å²) in [5.41, 5.74) is 10.1. The molecule has 0 saturated carbocycles. The number of nitrogens with two attached hydrogens (primary N) is 1. The summed E-state index contributed by atoms with van der Waals surface area (Å²) in [7, 11) is -1.55. The third-order valence-corrected chi connectivity index (χ3v) is 4.17. The fourth-order valence-electron chi connectivity index (χ4n) is 2.12. The van der Waals surface area contributed by atoms with Crippen molar-refractivity contribution in [3.63, 3.8) is 0 Å². The van der Waals surface area contributed by atoms with Crippen molar-refractivity contribution in [2.75, 3.05) is 11.9 Å². The Balaban J connectivity index is 3.09. The van der Waals surface area contributed by atoms with Crippen molar-refractivity contribution < 1.29 is 4.92 Å². The Bertz CT molecular complexity index is 600. The van der Waals surface area contributed by atoms with E-state index in [2.05, 4.69) is 36.4 Å². The molecule has 1 aromatic carbocycles. The van der Waals surface area contributed by atoms with Gasteiger partial charge in [-0.25, -0.2) is 0 Å². The van der Waals surface area contributed by atoms with Crippen molar-refractivity contribution in [3.05, 3.63) is 33.9 Å². The number of nitrogens with one attached hydrogen (secondary N) is 1.